The number of aryl methyl sites for hydroxylation is 1. The van der Waals surface area contributed by atoms with Gasteiger partial charge in [-0.25, -0.2) is 9.97 Å². The molecule has 5 nitrogen and oxygen atoms in total. The summed E-state index contributed by atoms with van der Waals surface area (Å²) >= 11 is 3.46. The van der Waals surface area contributed by atoms with Crippen molar-refractivity contribution in [3.05, 3.63) is 40.6 Å². The van der Waals surface area contributed by atoms with Gasteiger partial charge >= 0.3 is 0 Å². The van der Waals surface area contributed by atoms with Gasteiger partial charge in [0.15, 0.2) is 0 Å². The van der Waals surface area contributed by atoms with Crippen LogP contribution in [0.5, 0.6) is 0 Å². The second-order valence-corrected chi connectivity index (χ2v) is 5.29. The number of anilines is 3. The van der Waals surface area contributed by atoms with E-state index >= 15 is 0 Å². The van der Waals surface area contributed by atoms with Gasteiger partial charge < -0.3 is 15.7 Å². The summed E-state index contributed by atoms with van der Waals surface area (Å²) in [6.07, 6.45) is 2.20. The maximum atomic E-state index is 8.76. The highest BCUT2D eigenvalue weighted by Crippen LogP contribution is 2.24. The number of benzene rings is 1. The third-order valence-electron chi connectivity index (χ3n) is 2.77. The van der Waals surface area contributed by atoms with Crippen molar-refractivity contribution in [2.24, 2.45) is 0 Å². The summed E-state index contributed by atoms with van der Waals surface area (Å²) in [6.45, 7) is 2.89. The molecular weight excluding hydrogens is 320 g/mol. The Morgan fingerprint density at radius 2 is 2.00 bits per heavy atom. The van der Waals surface area contributed by atoms with Crippen LogP contribution in [0.4, 0.5) is 17.3 Å². The lowest BCUT2D eigenvalue weighted by Gasteiger charge is -2.10. The number of aliphatic hydroxyl groups excluding tert-OH is 1. The molecule has 1 heterocycles. The van der Waals surface area contributed by atoms with Crippen molar-refractivity contribution in [2.75, 3.05) is 23.8 Å². The number of halogens is 1. The lowest BCUT2D eigenvalue weighted by Crippen LogP contribution is -2.06. The average molecular weight is 337 g/mol. The van der Waals surface area contributed by atoms with Crippen LogP contribution in [0.2, 0.25) is 0 Å². The zero-order valence-electron chi connectivity index (χ0n) is 11.2. The molecule has 6 heteroatoms. The van der Waals surface area contributed by atoms with E-state index in [2.05, 4.69) is 36.5 Å². The number of aliphatic hydroxyl groups is 1. The van der Waals surface area contributed by atoms with Gasteiger partial charge in [-0.3, -0.25) is 0 Å². The molecule has 20 heavy (non-hydrogen) atoms. The monoisotopic (exact) mass is 336 g/mol. The standard InChI is InChI=1S/C14H17BrN4O/c1-10-3-4-11(15)7-12(10)19-14-8-13(17-9-18-14)16-5-2-6-20/h3-4,7-9,20H,2,5-6H2,1H3,(H2,16,17,18,19). The fourth-order valence-electron chi connectivity index (χ4n) is 1.68. The number of aromatic nitrogens is 2. The first-order valence-electron chi connectivity index (χ1n) is 6.39. The molecule has 0 aliphatic rings. The predicted molar refractivity (Wildman–Crippen MR) is 84.4 cm³/mol. The molecule has 0 fully saturated rings. The molecule has 0 radical (unpaired) electrons. The topological polar surface area (TPSA) is 70.1 Å². The third kappa shape index (κ3) is 4.18. The van der Waals surface area contributed by atoms with E-state index < -0.39 is 0 Å². The van der Waals surface area contributed by atoms with Gasteiger partial charge in [-0.05, 0) is 31.0 Å². The lowest BCUT2D eigenvalue weighted by molar-refractivity contribution is 0.292. The van der Waals surface area contributed by atoms with E-state index in [1.807, 2.05) is 31.2 Å². The number of nitrogens with zero attached hydrogens (tertiary/aromatic N) is 2. The number of nitrogens with one attached hydrogen (secondary N) is 2. The minimum Gasteiger partial charge on any atom is -0.396 e. The molecule has 0 aliphatic carbocycles. The van der Waals surface area contributed by atoms with Crippen LogP contribution in [-0.4, -0.2) is 28.2 Å². The largest absolute Gasteiger partial charge is 0.396 e. The second-order valence-electron chi connectivity index (χ2n) is 4.38. The Morgan fingerprint density at radius 3 is 2.80 bits per heavy atom. The summed E-state index contributed by atoms with van der Waals surface area (Å²) in [5.41, 5.74) is 2.14. The van der Waals surface area contributed by atoms with E-state index in [0.717, 1.165) is 27.4 Å². The van der Waals surface area contributed by atoms with E-state index in [1.165, 1.54) is 6.33 Å². The fourth-order valence-corrected chi connectivity index (χ4v) is 2.05. The van der Waals surface area contributed by atoms with Crippen molar-refractivity contribution in [1.82, 2.24) is 9.97 Å². The maximum absolute atomic E-state index is 8.76. The highest BCUT2D eigenvalue weighted by atomic mass is 79.9. The molecule has 0 unspecified atom stereocenters. The summed E-state index contributed by atoms with van der Waals surface area (Å²) in [6, 6.07) is 7.89. The van der Waals surface area contributed by atoms with Gasteiger partial charge in [-0.2, -0.15) is 0 Å². The van der Waals surface area contributed by atoms with Crippen molar-refractivity contribution >= 4 is 33.3 Å². The molecule has 0 atom stereocenters. The van der Waals surface area contributed by atoms with Crippen LogP contribution >= 0.6 is 15.9 Å². The van der Waals surface area contributed by atoms with Gasteiger partial charge in [0.1, 0.15) is 18.0 Å². The Morgan fingerprint density at radius 1 is 1.20 bits per heavy atom. The molecule has 0 spiro atoms. The van der Waals surface area contributed by atoms with Crippen LogP contribution in [0.25, 0.3) is 0 Å². The van der Waals surface area contributed by atoms with Gasteiger partial charge in [-0.15, -0.1) is 0 Å². The second kappa shape index (κ2) is 7.21. The van der Waals surface area contributed by atoms with Crippen LogP contribution in [0, 0.1) is 6.92 Å². The van der Waals surface area contributed by atoms with Crippen LogP contribution in [0.1, 0.15) is 12.0 Å². The van der Waals surface area contributed by atoms with Gasteiger partial charge in [0, 0.05) is 29.4 Å². The summed E-state index contributed by atoms with van der Waals surface area (Å²) < 4.78 is 1.01. The van der Waals surface area contributed by atoms with Crippen molar-refractivity contribution in [3.8, 4) is 0 Å². The van der Waals surface area contributed by atoms with E-state index in [4.69, 9.17) is 5.11 Å². The maximum Gasteiger partial charge on any atom is 0.135 e. The highest BCUT2D eigenvalue weighted by Gasteiger charge is 2.02. The van der Waals surface area contributed by atoms with Crippen molar-refractivity contribution in [3.63, 3.8) is 0 Å². The normalized spacial score (nSPS) is 10.3. The molecule has 1 aromatic heterocycles. The summed E-state index contributed by atoms with van der Waals surface area (Å²) in [5.74, 6) is 1.47. The first-order chi connectivity index (χ1) is 9.69. The van der Waals surface area contributed by atoms with E-state index in [-0.39, 0.29) is 6.61 Å². The minimum absolute atomic E-state index is 0.167. The van der Waals surface area contributed by atoms with Crippen molar-refractivity contribution in [1.29, 1.82) is 0 Å². The van der Waals surface area contributed by atoms with Gasteiger partial charge in [0.25, 0.3) is 0 Å². The molecule has 0 bridgehead atoms. The molecule has 0 amide bonds. The molecule has 0 saturated carbocycles. The predicted octanol–water partition coefficient (Wildman–Crippen LogP) is 3.09. The quantitative estimate of drug-likeness (QED) is 0.707. The molecule has 2 aromatic rings. The number of hydrogen-bond acceptors (Lipinski definition) is 5. The molecule has 1 aromatic carbocycles. The first kappa shape index (κ1) is 14.7. The van der Waals surface area contributed by atoms with E-state index in [9.17, 15) is 0 Å². The lowest BCUT2D eigenvalue weighted by atomic mass is 10.2. The number of rotatable bonds is 6. The summed E-state index contributed by atoms with van der Waals surface area (Å²) in [7, 11) is 0. The number of hydrogen-bond donors (Lipinski definition) is 3. The van der Waals surface area contributed by atoms with E-state index in [1.54, 1.807) is 0 Å². The molecule has 0 aliphatic heterocycles. The first-order valence-corrected chi connectivity index (χ1v) is 7.18. The van der Waals surface area contributed by atoms with Crippen LogP contribution in [0.15, 0.2) is 35.1 Å². The van der Waals surface area contributed by atoms with Gasteiger partial charge in [0.05, 0.1) is 0 Å². The van der Waals surface area contributed by atoms with Crippen LogP contribution in [0.3, 0.4) is 0 Å². The Balaban J connectivity index is 2.09. The average Bonchev–Trinajstić information content (AvgIpc) is 2.44. The SMILES string of the molecule is Cc1ccc(Br)cc1Nc1cc(NCCCO)ncn1. The zero-order chi connectivity index (χ0) is 14.4. The van der Waals surface area contributed by atoms with Crippen molar-refractivity contribution in [2.45, 2.75) is 13.3 Å². The fraction of sp³-hybridized carbons (Fsp3) is 0.286. The van der Waals surface area contributed by atoms with Crippen molar-refractivity contribution < 1.29 is 5.11 Å². The third-order valence-corrected chi connectivity index (χ3v) is 3.26. The molecule has 3 N–H and O–H groups in total. The minimum atomic E-state index is 0.167. The Kier molecular flexibility index (Phi) is 5.31. The van der Waals surface area contributed by atoms with Crippen LogP contribution in [-0.2, 0) is 0 Å². The summed E-state index contributed by atoms with van der Waals surface area (Å²) in [4.78, 5) is 8.35. The van der Waals surface area contributed by atoms with Crippen LogP contribution < -0.4 is 10.6 Å². The van der Waals surface area contributed by atoms with Gasteiger partial charge in [0.2, 0.25) is 0 Å². The Hall–Kier alpha value is -1.66. The highest BCUT2D eigenvalue weighted by molar-refractivity contribution is 9.10. The Labute approximate surface area is 126 Å². The molecule has 2 rings (SSSR count). The molecule has 0 saturated heterocycles. The smallest absolute Gasteiger partial charge is 0.135 e. The molecular formula is C14H17BrN4O. The molecule has 106 valence electrons. The summed E-state index contributed by atoms with van der Waals surface area (Å²) in [5, 5.41) is 15.2. The van der Waals surface area contributed by atoms with E-state index in [0.29, 0.717) is 13.0 Å². The zero-order valence-corrected chi connectivity index (χ0v) is 12.8. The Bertz CT molecular complexity index is 577. The van der Waals surface area contributed by atoms with Gasteiger partial charge in [-0.1, -0.05) is 22.0 Å².